The topological polar surface area (TPSA) is 56.6 Å². The highest BCUT2D eigenvalue weighted by Crippen LogP contribution is 2.45. The van der Waals surface area contributed by atoms with Crippen LogP contribution in [0.15, 0.2) is 62.0 Å². The molecule has 0 aromatic heterocycles. The molecule has 2 aromatic carbocycles. The largest absolute Gasteiger partial charge is 0.496 e. The van der Waals surface area contributed by atoms with E-state index in [2.05, 4.69) is 42.8 Å². The third kappa shape index (κ3) is 3.91. The zero-order valence-corrected chi connectivity index (χ0v) is 19.6. The summed E-state index contributed by atoms with van der Waals surface area (Å²) < 4.78 is 7.41. The molecule has 0 radical (unpaired) electrons. The fourth-order valence-corrected chi connectivity index (χ4v) is 5.43. The molecule has 0 N–H and O–H groups in total. The Bertz CT molecular complexity index is 1030. The van der Waals surface area contributed by atoms with Gasteiger partial charge in [0, 0.05) is 32.5 Å². The van der Waals surface area contributed by atoms with Crippen LogP contribution in [0.4, 0.5) is 5.69 Å². The molecule has 0 spiro atoms. The van der Waals surface area contributed by atoms with Crippen LogP contribution in [0.25, 0.3) is 0 Å². The Morgan fingerprint density at radius 3 is 2.59 bits per heavy atom. The number of carbonyl (C=O) groups is 1. The van der Waals surface area contributed by atoms with Crippen molar-refractivity contribution < 1.29 is 9.53 Å². The summed E-state index contributed by atoms with van der Waals surface area (Å²) in [7, 11) is 1.61. The first-order valence-corrected chi connectivity index (χ1v) is 11.5. The van der Waals surface area contributed by atoms with Gasteiger partial charge in [-0.2, -0.15) is 5.26 Å². The van der Waals surface area contributed by atoms with Crippen molar-refractivity contribution in [3.63, 3.8) is 0 Å². The average Bonchev–Trinajstić information content (AvgIpc) is 2.74. The number of ether oxygens (including phenoxy) is 1. The Balaban J connectivity index is 1.70. The normalized spacial score (nSPS) is 19.1. The molecule has 2 heterocycles. The summed E-state index contributed by atoms with van der Waals surface area (Å²) >= 11 is 8.47. The Kier molecular flexibility index (Phi) is 5.91. The molecule has 1 fully saturated rings. The smallest absolute Gasteiger partial charge is 0.229 e. The third-order valence-electron chi connectivity index (χ3n) is 5.05. The van der Waals surface area contributed by atoms with Gasteiger partial charge in [-0.15, -0.1) is 0 Å². The molecule has 0 saturated carbocycles. The third-order valence-corrected chi connectivity index (χ3v) is 7.23. The summed E-state index contributed by atoms with van der Waals surface area (Å²) in [5.41, 5.74) is 2.53. The maximum Gasteiger partial charge on any atom is 0.229 e. The number of amides is 1. The van der Waals surface area contributed by atoms with E-state index in [0.717, 1.165) is 25.2 Å². The van der Waals surface area contributed by atoms with Gasteiger partial charge in [0.15, 0.2) is 0 Å². The number of thioether (sulfide) groups is 1. The van der Waals surface area contributed by atoms with Crippen molar-refractivity contribution in [2.24, 2.45) is 0 Å². The van der Waals surface area contributed by atoms with Crippen LogP contribution in [0, 0.1) is 11.3 Å². The van der Waals surface area contributed by atoms with Crippen molar-refractivity contribution in [3.8, 4) is 11.8 Å². The molecule has 1 unspecified atom stereocenters. The predicted octanol–water partition coefficient (Wildman–Crippen LogP) is 5.44. The van der Waals surface area contributed by atoms with Gasteiger partial charge in [-0.1, -0.05) is 43.6 Å². The zero-order valence-electron chi connectivity index (χ0n) is 15.6. The van der Waals surface area contributed by atoms with Gasteiger partial charge in [0.2, 0.25) is 5.91 Å². The minimum absolute atomic E-state index is 0.0142. The van der Waals surface area contributed by atoms with Crippen LogP contribution in [-0.4, -0.2) is 30.5 Å². The number of halogens is 2. The van der Waals surface area contributed by atoms with Crippen molar-refractivity contribution in [3.05, 3.63) is 67.6 Å². The number of hydrogen-bond donors (Lipinski definition) is 0. The fraction of sp³-hybridized carbons (Fsp3) is 0.238. The van der Waals surface area contributed by atoms with E-state index in [1.54, 1.807) is 12.0 Å². The van der Waals surface area contributed by atoms with Crippen LogP contribution < -0.4 is 9.64 Å². The van der Waals surface area contributed by atoms with E-state index in [9.17, 15) is 10.1 Å². The van der Waals surface area contributed by atoms with Crippen molar-refractivity contribution in [2.45, 2.75) is 12.3 Å². The molecule has 1 amide bonds. The maximum atomic E-state index is 13.1. The first-order valence-electron chi connectivity index (χ1n) is 8.93. The van der Waals surface area contributed by atoms with Gasteiger partial charge in [0.25, 0.3) is 0 Å². The number of methoxy groups -OCH3 is 1. The highest BCUT2D eigenvalue weighted by atomic mass is 79.9. The standard InChI is InChI=1S/C21H17Br2N3O2S/c1-28-19-7-4-14(23)8-17(19)16-9-20(27)26-11-25(12-29-21(26)18(16)10-24)15-5-2-13(22)3-6-15/h2-8,16H,9,11-12H2,1H3. The first kappa shape index (κ1) is 20.3. The monoisotopic (exact) mass is 533 g/mol. The second-order valence-electron chi connectivity index (χ2n) is 6.73. The highest BCUT2D eigenvalue weighted by Gasteiger charge is 2.39. The number of nitrogens with zero attached hydrogens (tertiary/aromatic N) is 3. The van der Waals surface area contributed by atoms with Gasteiger partial charge in [-0.3, -0.25) is 9.69 Å². The average molecular weight is 535 g/mol. The van der Waals surface area contributed by atoms with Crippen LogP contribution in [-0.2, 0) is 4.79 Å². The summed E-state index contributed by atoms with van der Waals surface area (Å²) in [4.78, 5) is 16.9. The molecule has 1 atom stereocenters. The maximum absolute atomic E-state index is 13.1. The molecule has 8 heteroatoms. The summed E-state index contributed by atoms with van der Waals surface area (Å²) in [5.74, 6) is 1.07. The highest BCUT2D eigenvalue weighted by molar-refractivity contribution is 9.10. The van der Waals surface area contributed by atoms with E-state index in [1.165, 1.54) is 11.8 Å². The summed E-state index contributed by atoms with van der Waals surface area (Å²) in [6, 6.07) is 16.1. The van der Waals surface area contributed by atoms with Crippen LogP contribution in [0.2, 0.25) is 0 Å². The predicted molar refractivity (Wildman–Crippen MR) is 121 cm³/mol. The van der Waals surface area contributed by atoms with Crippen LogP contribution in [0.3, 0.4) is 0 Å². The second-order valence-corrected chi connectivity index (χ2v) is 9.49. The lowest BCUT2D eigenvalue weighted by Crippen LogP contribution is -2.47. The molecular weight excluding hydrogens is 518 g/mol. The number of hydrogen-bond acceptors (Lipinski definition) is 5. The fourth-order valence-electron chi connectivity index (χ4n) is 3.62. The lowest BCUT2D eigenvalue weighted by molar-refractivity contribution is -0.129. The van der Waals surface area contributed by atoms with Gasteiger partial charge >= 0.3 is 0 Å². The first-order chi connectivity index (χ1) is 14.0. The minimum Gasteiger partial charge on any atom is -0.496 e. The number of rotatable bonds is 3. The lowest BCUT2D eigenvalue weighted by Gasteiger charge is -2.42. The summed E-state index contributed by atoms with van der Waals surface area (Å²) in [6.45, 7) is 0.441. The Morgan fingerprint density at radius 1 is 1.17 bits per heavy atom. The Labute approximate surface area is 190 Å². The number of carbonyl (C=O) groups excluding carboxylic acids is 1. The molecule has 2 aromatic rings. The van der Waals surface area contributed by atoms with E-state index in [1.807, 2.05) is 42.5 Å². The van der Waals surface area contributed by atoms with Crippen molar-refractivity contribution in [1.82, 2.24) is 4.90 Å². The molecule has 148 valence electrons. The molecular formula is C21H17Br2N3O2S. The summed E-state index contributed by atoms with van der Waals surface area (Å²) in [6.07, 6.45) is 0.244. The number of allylic oxidation sites excluding steroid dienone is 1. The Morgan fingerprint density at radius 2 is 1.90 bits per heavy atom. The summed E-state index contributed by atoms with van der Waals surface area (Å²) in [5, 5.41) is 10.7. The number of fused-ring (bicyclic) bond motifs is 1. The van der Waals surface area contributed by atoms with Gasteiger partial charge in [-0.05, 0) is 42.5 Å². The van der Waals surface area contributed by atoms with E-state index < -0.39 is 0 Å². The second kappa shape index (κ2) is 8.42. The van der Waals surface area contributed by atoms with E-state index in [0.29, 0.717) is 23.9 Å². The number of anilines is 1. The molecule has 2 aliphatic heterocycles. The van der Waals surface area contributed by atoms with E-state index >= 15 is 0 Å². The van der Waals surface area contributed by atoms with Crippen molar-refractivity contribution >= 4 is 55.2 Å². The molecule has 5 nitrogen and oxygen atoms in total. The zero-order chi connectivity index (χ0) is 20.5. The quantitative estimate of drug-likeness (QED) is 0.524. The molecule has 1 saturated heterocycles. The van der Waals surface area contributed by atoms with Gasteiger partial charge in [0.1, 0.15) is 5.75 Å². The van der Waals surface area contributed by atoms with E-state index in [-0.39, 0.29) is 18.2 Å². The van der Waals surface area contributed by atoms with Crippen molar-refractivity contribution in [1.29, 1.82) is 5.26 Å². The van der Waals surface area contributed by atoms with Gasteiger partial charge in [0.05, 0.1) is 36.3 Å². The van der Waals surface area contributed by atoms with Gasteiger partial charge in [-0.25, -0.2) is 0 Å². The lowest BCUT2D eigenvalue weighted by atomic mass is 9.86. The molecule has 4 rings (SSSR count). The SMILES string of the molecule is COc1ccc(Br)cc1C1CC(=O)N2CN(c3ccc(Br)cc3)CSC2=C1C#N. The molecule has 29 heavy (non-hydrogen) atoms. The Hall–Kier alpha value is -1.95. The van der Waals surface area contributed by atoms with Crippen LogP contribution >= 0.6 is 43.6 Å². The minimum atomic E-state index is -0.307. The number of benzene rings is 2. The van der Waals surface area contributed by atoms with E-state index in [4.69, 9.17) is 4.74 Å². The number of nitriles is 1. The molecule has 0 bridgehead atoms. The van der Waals surface area contributed by atoms with Crippen LogP contribution in [0.1, 0.15) is 17.9 Å². The van der Waals surface area contributed by atoms with Crippen molar-refractivity contribution in [2.75, 3.05) is 24.6 Å². The van der Waals surface area contributed by atoms with Gasteiger partial charge < -0.3 is 9.64 Å². The molecule has 0 aliphatic carbocycles. The van der Waals surface area contributed by atoms with Crippen LogP contribution in [0.5, 0.6) is 5.75 Å². The molecule has 2 aliphatic rings.